The zero-order valence-corrected chi connectivity index (χ0v) is 9.59. The second kappa shape index (κ2) is 4.87. The van der Waals surface area contributed by atoms with Crippen molar-refractivity contribution in [2.75, 3.05) is 0 Å². The summed E-state index contributed by atoms with van der Waals surface area (Å²) in [6.45, 7) is 1.97. The SMILES string of the molecule is CC[C@H](N)[C@@H](N)c1ccc(F)cc1Br. The Bertz CT molecular complexity index is 317. The van der Waals surface area contributed by atoms with Gasteiger partial charge in [-0.3, -0.25) is 0 Å². The summed E-state index contributed by atoms with van der Waals surface area (Å²) in [5.41, 5.74) is 12.6. The van der Waals surface area contributed by atoms with Gasteiger partial charge in [-0.1, -0.05) is 28.9 Å². The first-order valence-corrected chi connectivity index (χ1v) is 5.31. The van der Waals surface area contributed by atoms with E-state index in [4.69, 9.17) is 11.5 Å². The van der Waals surface area contributed by atoms with Gasteiger partial charge in [0, 0.05) is 16.6 Å². The van der Waals surface area contributed by atoms with E-state index in [0.717, 1.165) is 12.0 Å². The van der Waals surface area contributed by atoms with E-state index in [2.05, 4.69) is 15.9 Å². The Morgan fingerprint density at radius 2 is 2.07 bits per heavy atom. The first kappa shape index (κ1) is 11.6. The summed E-state index contributed by atoms with van der Waals surface area (Å²) in [6, 6.07) is 4.10. The van der Waals surface area contributed by atoms with Crippen LogP contribution >= 0.6 is 15.9 Å². The molecule has 0 saturated carbocycles. The predicted molar refractivity (Wildman–Crippen MR) is 59.3 cm³/mol. The molecule has 0 unspecified atom stereocenters. The summed E-state index contributed by atoms with van der Waals surface area (Å²) in [6.07, 6.45) is 0.797. The highest BCUT2D eigenvalue weighted by atomic mass is 79.9. The Hall–Kier alpha value is -0.450. The van der Waals surface area contributed by atoms with Crippen LogP contribution in [0.4, 0.5) is 4.39 Å². The minimum absolute atomic E-state index is 0.100. The quantitative estimate of drug-likeness (QED) is 0.877. The first-order valence-electron chi connectivity index (χ1n) is 4.52. The first-order chi connectivity index (χ1) is 6.56. The Labute approximate surface area is 91.6 Å². The largest absolute Gasteiger partial charge is 0.326 e. The van der Waals surface area contributed by atoms with Gasteiger partial charge in [-0.05, 0) is 24.1 Å². The van der Waals surface area contributed by atoms with Crippen molar-refractivity contribution >= 4 is 15.9 Å². The van der Waals surface area contributed by atoms with Crippen molar-refractivity contribution in [1.82, 2.24) is 0 Å². The Morgan fingerprint density at radius 1 is 1.43 bits per heavy atom. The number of hydrogen-bond acceptors (Lipinski definition) is 2. The molecule has 0 saturated heterocycles. The van der Waals surface area contributed by atoms with Gasteiger partial charge in [0.25, 0.3) is 0 Å². The van der Waals surface area contributed by atoms with Crippen LogP contribution in [0.1, 0.15) is 24.9 Å². The predicted octanol–water partition coefficient (Wildman–Crippen LogP) is 2.33. The van der Waals surface area contributed by atoms with Crippen molar-refractivity contribution < 1.29 is 4.39 Å². The van der Waals surface area contributed by atoms with Crippen LogP contribution < -0.4 is 11.5 Å². The van der Waals surface area contributed by atoms with Gasteiger partial charge in [-0.25, -0.2) is 4.39 Å². The summed E-state index contributed by atoms with van der Waals surface area (Å²) in [4.78, 5) is 0. The smallest absolute Gasteiger partial charge is 0.124 e. The van der Waals surface area contributed by atoms with E-state index in [1.165, 1.54) is 12.1 Å². The number of nitrogens with two attached hydrogens (primary N) is 2. The standard InChI is InChI=1S/C10H14BrFN2/c1-2-9(13)10(14)7-4-3-6(12)5-8(7)11/h3-5,9-10H,2,13-14H2,1H3/t9-,10-/m0/s1. The lowest BCUT2D eigenvalue weighted by Gasteiger charge is -2.19. The Morgan fingerprint density at radius 3 is 2.57 bits per heavy atom. The van der Waals surface area contributed by atoms with Crippen molar-refractivity contribution in [3.05, 3.63) is 34.1 Å². The summed E-state index contributed by atoms with van der Waals surface area (Å²) in [5, 5.41) is 0. The summed E-state index contributed by atoms with van der Waals surface area (Å²) in [5.74, 6) is -0.280. The van der Waals surface area contributed by atoms with Crippen molar-refractivity contribution in [3.8, 4) is 0 Å². The molecule has 1 rings (SSSR count). The van der Waals surface area contributed by atoms with E-state index in [-0.39, 0.29) is 17.9 Å². The van der Waals surface area contributed by atoms with E-state index >= 15 is 0 Å². The highest BCUT2D eigenvalue weighted by Crippen LogP contribution is 2.25. The second-order valence-corrected chi connectivity index (χ2v) is 4.12. The third-order valence-corrected chi connectivity index (χ3v) is 2.94. The van der Waals surface area contributed by atoms with E-state index in [0.29, 0.717) is 4.47 Å². The molecule has 1 aromatic rings. The summed E-state index contributed by atoms with van der Waals surface area (Å²) < 4.78 is 13.5. The fourth-order valence-corrected chi connectivity index (χ4v) is 1.87. The molecule has 4 N–H and O–H groups in total. The molecule has 1 aromatic carbocycles. The molecule has 0 fully saturated rings. The Balaban J connectivity index is 2.95. The van der Waals surface area contributed by atoms with Crippen molar-refractivity contribution in [3.63, 3.8) is 0 Å². The maximum absolute atomic E-state index is 12.8. The minimum atomic E-state index is -0.280. The van der Waals surface area contributed by atoms with Gasteiger partial charge in [-0.2, -0.15) is 0 Å². The fourth-order valence-electron chi connectivity index (χ4n) is 1.26. The van der Waals surface area contributed by atoms with Crippen LogP contribution in [0.15, 0.2) is 22.7 Å². The number of halogens is 2. The van der Waals surface area contributed by atoms with E-state index in [1.54, 1.807) is 6.07 Å². The van der Waals surface area contributed by atoms with Gasteiger partial charge in [0.2, 0.25) is 0 Å². The monoisotopic (exact) mass is 260 g/mol. The number of benzene rings is 1. The van der Waals surface area contributed by atoms with Gasteiger partial charge in [0.1, 0.15) is 5.82 Å². The van der Waals surface area contributed by atoms with Gasteiger partial charge < -0.3 is 11.5 Å². The van der Waals surface area contributed by atoms with E-state index in [1.807, 2.05) is 6.92 Å². The van der Waals surface area contributed by atoms with Crippen LogP contribution in [-0.2, 0) is 0 Å². The van der Waals surface area contributed by atoms with Crippen LogP contribution in [-0.4, -0.2) is 6.04 Å². The zero-order valence-electron chi connectivity index (χ0n) is 8.00. The van der Waals surface area contributed by atoms with Crippen LogP contribution in [0.5, 0.6) is 0 Å². The molecule has 0 aliphatic heterocycles. The average molecular weight is 261 g/mol. The molecule has 0 bridgehead atoms. The number of rotatable bonds is 3. The highest BCUT2D eigenvalue weighted by molar-refractivity contribution is 9.10. The van der Waals surface area contributed by atoms with Gasteiger partial charge in [-0.15, -0.1) is 0 Å². The molecule has 2 atom stereocenters. The van der Waals surface area contributed by atoms with Crippen molar-refractivity contribution in [2.24, 2.45) is 11.5 Å². The van der Waals surface area contributed by atoms with Crippen LogP contribution in [0.2, 0.25) is 0 Å². The summed E-state index contributed by atoms with van der Waals surface area (Å²) >= 11 is 3.27. The molecule has 0 aliphatic rings. The van der Waals surface area contributed by atoms with Crippen LogP contribution in [0, 0.1) is 5.82 Å². The van der Waals surface area contributed by atoms with E-state index in [9.17, 15) is 4.39 Å². The lowest BCUT2D eigenvalue weighted by molar-refractivity contribution is 0.529. The minimum Gasteiger partial charge on any atom is -0.326 e. The maximum Gasteiger partial charge on any atom is 0.124 e. The Kier molecular flexibility index (Phi) is 4.04. The van der Waals surface area contributed by atoms with Crippen LogP contribution in [0.3, 0.4) is 0 Å². The molecule has 0 spiro atoms. The maximum atomic E-state index is 12.8. The topological polar surface area (TPSA) is 52.0 Å². The van der Waals surface area contributed by atoms with Gasteiger partial charge >= 0.3 is 0 Å². The molecular weight excluding hydrogens is 247 g/mol. The average Bonchev–Trinajstić information content (AvgIpc) is 2.15. The molecule has 0 aliphatic carbocycles. The van der Waals surface area contributed by atoms with E-state index < -0.39 is 0 Å². The second-order valence-electron chi connectivity index (χ2n) is 3.26. The molecule has 0 radical (unpaired) electrons. The summed E-state index contributed by atoms with van der Waals surface area (Å²) in [7, 11) is 0. The van der Waals surface area contributed by atoms with Crippen molar-refractivity contribution in [2.45, 2.75) is 25.4 Å². The lowest BCUT2D eigenvalue weighted by Crippen LogP contribution is -2.33. The molecule has 78 valence electrons. The molecule has 0 heterocycles. The van der Waals surface area contributed by atoms with Crippen molar-refractivity contribution in [1.29, 1.82) is 0 Å². The normalized spacial score (nSPS) is 15.2. The third-order valence-electron chi connectivity index (χ3n) is 2.25. The molecule has 4 heteroatoms. The molecular formula is C10H14BrFN2. The van der Waals surface area contributed by atoms with Gasteiger partial charge in [0.05, 0.1) is 0 Å². The lowest BCUT2D eigenvalue weighted by atomic mass is 9.99. The third kappa shape index (κ3) is 2.53. The molecule has 0 aromatic heterocycles. The van der Waals surface area contributed by atoms with Crippen LogP contribution in [0.25, 0.3) is 0 Å². The fraction of sp³-hybridized carbons (Fsp3) is 0.400. The molecule has 0 amide bonds. The van der Waals surface area contributed by atoms with Gasteiger partial charge in [0.15, 0.2) is 0 Å². The zero-order chi connectivity index (χ0) is 10.7. The molecule has 2 nitrogen and oxygen atoms in total. The molecule has 14 heavy (non-hydrogen) atoms. The number of hydrogen-bond donors (Lipinski definition) is 2. The highest BCUT2D eigenvalue weighted by Gasteiger charge is 2.16.